The second-order valence-corrected chi connectivity index (χ2v) is 31.3. The van der Waals surface area contributed by atoms with E-state index >= 15 is 0 Å². The Balaban J connectivity index is 0.000000148. The number of nitrogens with zero attached hydrogens (tertiary/aromatic N) is 18. The average molecular weight is 1540 g/mol. The Morgan fingerprint density at radius 2 is 0.938 bits per heavy atom. The lowest BCUT2D eigenvalue weighted by atomic mass is 9.83. The minimum absolute atomic E-state index is 0.0925. The van der Waals surface area contributed by atoms with Crippen molar-refractivity contribution in [2.45, 2.75) is 127 Å². The number of methoxy groups -OCH3 is 1. The van der Waals surface area contributed by atoms with E-state index in [1.807, 2.05) is 104 Å². The normalized spacial score (nSPS) is 15.1. The van der Waals surface area contributed by atoms with Crippen molar-refractivity contribution in [2.24, 2.45) is 11.5 Å². The lowest BCUT2D eigenvalue weighted by Crippen LogP contribution is -2.52. The molecule has 12 aromatic heterocycles. The molecule has 7 N–H and O–H groups in total. The van der Waals surface area contributed by atoms with Crippen LogP contribution in [0.25, 0.3) is 49.9 Å². The third-order valence-electron chi connectivity index (χ3n) is 19.8. The van der Waals surface area contributed by atoms with Gasteiger partial charge in [-0.25, -0.2) is 38.5 Å². The first-order valence-corrected chi connectivity index (χ1v) is 37.7. The number of ether oxygens (including phenoxy) is 5. The first-order chi connectivity index (χ1) is 54.2. The Labute approximate surface area is 660 Å². The molecular formula is C84H91ClN20O8. The van der Waals surface area contributed by atoms with E-state index in [1.165, 1.54) is 12.4 Å². The molecule has 12 aromatic rings. The highest BCUT2D eigenvalue weighted by Crippen LogP contribution is 2.39. The van der Waals surface area contributed by atoms with Crippen LogP contribution in [-0.2, 0) is 12.8 Å². The highest BCUT2D eigenvalue weighted by Gasteiger charge is 2.34. The second-order valence-electron chi connectivity index (χ2n) is 30.9. The first-order valence-electron chi connectivity index (χ1n) is 37.4. The van der Waals surface area contributed by atoms with Crippen molar-refractivity contribution in [3.63, 3.8) is 0 Å². The monoisotopic (exact) mass is 1540 g/mol. The summed E-state index contributed by atoms with van der Waals surface area (Å²) in [5.41, 5.74) is 20.2. The van der Waals surface area contributed by atoms with Crippen LogP contribution in [0.2, 0.25) is 5.02 Å². The lowest BCUT2D eigenvalue weighted by molar-refractivity contribution is 0.0280. The van der Waals surface area contributed by atoms with Crippen LogP contribution in [-0.4, -0.2) is 174 Å². The SMILES string of the molecule is CC(C)(O)COc1cc(-c2ccc(N3CCC(N)(Cc4cccnc4)CC3)nc2)c2c(C#N)cnn2c1.CC(C)(O)COc1cc(-c2cnc(N3CCC(Oc4ccccn4)CC3)cc2Cl)c2c(C#N)cnn2c1.COc1ccc(CC2(N)CCN(c3ccc(-c4cc(OCC(C)(C)O)cn5ncc(C#N)c45)cn3)CC2)cn1. The number of anilines is 3. The molecule has 15 heterocycles. The van der Waals surface area contributed by atoms with Gasteiger partial charge < -0.3 is 65.2 Å². The number of hydrogen-bond acceptors (Lipinski definition) is 25. The zero-order valence-corrected chi connectivity index (χ0v) is 65.0. The van der Waals surface area contributed by atoms with Crippen molar-refractivity contribution < 1.29 is 39.0 Å². The van der Waals surface area contributed by atoms with Gasteiger partial charge in [0, 0.05) is 152 Å². The molecule has 0 spiro atoms. The number of aliphatic hydroxyl groups is 3. The maximum Gasteiger partial charge on any atom is 0.213 e. The van der Waals surface area contributed by atoms with Crippen LogP contribution in [0.5, 0.6) is 29.0 Å². The number of nitrogens with two attached hydrogens (primary N) is 2. The Morgan fingerprint density at radius 1 is 0.478 bits per heavy atom. The van der Waals surface area contributed by atoms with Crippen molar-refractivity contribution >= 4 is 45.6 Å². The van der Waals surface area contributed by atoms with Gasteiger partial charge in [0.25, 0.3) is 0 Å². The molecule has 0 amide bonds. The molecule has 3 aliphatic heterocycles. The summed E-state index contributed by atoms with van der Waals surface area (Å²) in [5.74, 6) is 5.38. The Hall–Kier alpha value is -12.1. The average Bonchev–Trinajstić information content (AvgIpc) is 1.68. The molecule has 0 aliphatic carbocycles. The Bertz CT molecular complexity index is 5390. The third kappa shape index (κ3) is 19.8. The second kappa shape index (κ2) is 33.9. The number of hydrogen-bond donors (Lipinski definition) is 5. The Morgan fingerprint density at radius 3 is 1.34 bits per heavy atom. The first kappa shape index (κ1) is 79.0. The van der Waals surface area contributed by atoms with Crippen molar-refractivity contribution in [2.75, 3.05) is 80.9 Å². The van der Waals surface area contributed by atoms with Crippen LogP contribution in [0.1, 0.15) is 108 Å². The van der Waals surface area contributed by atoms with Crippen LogP contribution in [0.4, 0.5) is 17.5 Å². The van der Waals surface area contributed by atoms with Crippen LogP contribution in [0.15, 0.2) is 172 Å². The molecule has 0 saturated carbocycles. The smallest absolute Gasteiger partial charge is 0.213 e. The molecule has 3 saturated heterocycles. The molecule has 29 heteroatoms. The fourth-order valence-corrected chi connectivity index (χ4v) is 14.2. The summed E-state index contributed by atoms with van der Waals surface area (Å²) in [6, 6.07) is 35.6. The van der Waals surface area contributed by atoms with Gasteiger partial charge in [0.2, 0.25) is 11.8 Å². The topological polar surface area (TPSA) is 369 Å². The molecule has 0 unspecified atom stereocenters. The van der Waals surface area contributed by atoms with E-state index in [1.54, 1.807) is 112 Å². The summed E-state index contributed by atoms with van der Waals surface area (Å²) in [5, 5.41) is 72.6. The van der Waals surface area contributed by atoms with Gasteiger partial charge in [-0.05, 0) is 152 Å². The predicted octanol–water partition coefficient (Wildman–Crippen LogP) is 11.2. The van der Waals surface area contributed by atoms with Crippen molar-refractivity contribution in [3.05, 3.63) is 204 Å². The van der Waals surface area contributed by atoms with E-state index in [0.29, 0.717) is 78.4 Å². The molecule has 3 fully saturated rings. The fourth-order valence-electron chi connectivity index (χ4n) is 13.9. The number of nitriles is 3. The van der Waals surface area contributed by atoms with Gasteiger partial charge in [0.05, 0.1) is 99.4 Å². The van der Waals surface area contributed by atoms with E-state index in [-0.39, 0.29) is 37.0 Å². The number of halogens is 1. The van der Waals surface area contributed by atoms with Crippen molar-refractivity contribution in [3.8, 4) is 80.6 Å². The lowest BCUT2D eigenvalue weighted by Gasteiger charge is -2.40. The highest BCUT2D eigenvalue weighted by atomic mass is 35.5. The molecule has 0 aromatic carbocycles. The fraction of sp³-hybridized carbons (Fsp3) is 0.357. The van der Waals surface area contributed by atoms with Crippen molar-refractivity contribution in [1.82, 2.24) is 58.7 Å². The van der Waals surface area contributed by atoms with E-state index in [2.05, 4.69) is 69.2 Å². The minimum atomic E-state index is -1.01. The summed E-state index contributed by atoms with van der Waals surface area (Å²) in [4.78, 5) is 33.7. The summed E-state index contributed by atoms with van der Waals surface area (Å²) in [6.07, 6.45) is 29.1. The minimum Gasteiger partial charge on any atom is -0.489 e. The number of fused-ring (bicyclic) bond motifs is 3. The van der Waals surface area contributed by atoms with Crippen molar-refractivity contribution in [1.29, 1.82) is 15.8 Å². The summed E-state index contributed by atoms with van der Waals surface area (Å²) >= 11 is 6.79. The largest absolute Gasteiger partial charge is 0.489 e. The van der Waals surface area contributed by atoms with Gasteiger partial charge >= 0.3 is 0 Å². The number of piperidine rings is 3. The zero-order chi connectivity index (χ0) is 79.7. The molecule has 0 atom stereocenters. The van der Waals surface area contributed by atoms with Crippen LogP contribution < -0.4 is 49.9 Å². The third-order valence-corrected chi connectivity index (χ3v) is 20.2. The highest BCUT2D eigenvalue weighted by molar-refractivity contribution is 6.33. The van der Waals surface area contributed by atoms with Crippen LogP contribution in [0, 0.1) is 34.0 Å². The van der Waals surface area contributed by atoms with Gasteiger partial charge in [-0.3, -0.25) is 4.98 Å². The van der Waals surface area contributed by atoms with Gasteiger partial charge in [-0.1, -0.05) is 29.8 Å². The molecule has 15 rings (SSSR count). The summed E-state index contributed by atoms with van der Waals surface area (Å²) < 4.78 is 33.5. The van der Waals surface area contributed by atoms with E-state index in [4.69, 9.17) is 61.7 Å². The van der Waals surface area contributed by atoms with Gasteiger partial charge in [-0.15, -0.1) is 0 Å². The molecular weight excluding hydrogens is 1450 g/mol. The molecule has 582 valence electrons. The van der Waals surface area contributed by atoms with Gasteiger partial charge in [0.15, 0.2) is 0 Å². The van der Waals surface area contributed by atoms with E-state index < -0.39 is 16.8 Å². The summed E-state index contributed by atoms with van der Waals surface area (Å²) in [6.45, 7) is 15.2. The standard InChI is InChI=1S/C29H33N7O3.C28H31N7O2.C27H27ClN6O3/c1-28(2,37)19-39-23-12-24(27-22(14-30)17-34-36(27)18-23)21-5-6-25(32-16-21)35-10-8-29(31,9-11-35)13-20-4-7-26(38-3)33-15-20;1-27(2,36)19-37-23-12-24(26-22(14-29)17-33-35(26)18-23)21-5-6-25(32-16-21)34-10-7-28(30,8-11-34)13-20-4-3-9-31-15-20;1-27(2,35)17-36-20-11-21(26-18(13-29)14-32-34(26)16-20)22-15-31-24(12-23(22)28)33-9-6-19(7-10-33)37-25-5-3-4-8-30-25/h4-7,12,15-18,37H,8-11,13,19,31H2,1-3H3;3-6,9,12,15-18,36H,7-8,10-11,13,19,30H2,1-2H3;3-5,8,11-12,14-16,19,35H,6-7,9-10,17H2,1-2H3. The maximum absolute atomic E-state index is 10.1. The van der Waals surface area contributed by atoms with Crippen LogP contribution in [0.3, 0.4) is 0 Å². The Kier molecular flexibility index (Phi) is 23.7. The summed E-state index contributed by atoms with van der Waals surface area (Å²) in [7, 11) is 1.61. The molecule has 0 bridgehead atoms. The molecule has 113 heavy (non-hydrogen) atoms. The van der Waals surface area contributed by atoms with Gasteiger partial charge in [-0.2, -0.15) is 31.1 Å². The quantitative estimate of drug-likeness (QED) is 0.0421. The number of rotatable bonds is 22. The number of aromatic nitrogens is 12. The van der Waals surface area contributed by atoms with Gasteiger partial charge in [0.1, 0.15) is 78.8 Å². The van der Waals surface area contributed by atoms with E-state index in [0.717, 1.165) is 141 Å². The maximum atomic E-state index is 10.1. The predicted molar refractivity (Wildman–Crippen MR) is 429 cm³/mol. The number of pyridine rings is 9. The molecule has 0 radical (unpaired) electrons. The molecule has 28 nitrogen and oxygen atoms in total. The molecule has 3 aliphatic rings. The zero-order valence-electron chi connectivity index (χ0n) is 64.2. The van der Waals surface area contributed by atoms with E-state index in [9.17, 15) is 31.1 Å². The van der Waals surface area contributed by atoms with Crippen LogP contribution >= 0.6 is 11.6 Å².